The normalized spacial score (nSPS) is 16.0. The van der Waals surface area contributed by atoms with E-state index in [0.29, 0.717) is 35.0 Å². The summed E-state index contributed by atoms with van der Waals surface area (Å²) >= 11 is 5.98. The summed E-state index contributed by atoms with van der Waals surface area (Å²) in [6.07, 6.45) is -0.257. The molecule has 2 aromatic rings. The van der Waals surface area contributed by atoms with Gasteiger partial charge in [-0.05, 0) is 24.3 Å². The highest BCUT2D eigenvalue weighted by molar-refractivity contribution is 6.33. The molecule has 0 spiro atoms. The highest BCUT2D eigenvalue weighted by Crippen LogP contribution is 2.29. The maximum atomic E-state index is 12.1. The van der Waals surface area contributed by atoms with E-state index in [9.17, 15) is 9.59 Å². The molecule has 2 amide bonds. The van der Waals surface area contributed by atoms with Crippen LogP contribution in [0.25, 0.3) is 0 Å². The Morgan fingerprint density at radius 1 is 1.17 bits per heavy atom. The maximum Gasteiger partial charge on any atom is 0.265 e. The third kappa shape index (κ3) is 3.46. The molecular formula is C17H15ClN2O3. The van der Waals surface area contributed by atoms with Gasteiger partial charge in [0.1, 0.15) is 5.75 Å². The van der Waals surface area contributed by atoms with Crippen molar-refractivity contribution in [3.05, 3.63) is 59.1 Å². The van der Waals surface area contributed by atoms with Gasteiger partial charge < -0.3 is 15.4 Å². The molecule has 0 saturated carbocycles. The lowest BCUT2D eigenvalue weighted by Crippen LogP contribution is -2.39. The molecule has 2 N–H and O–H groups in total. The molecule has 0 fully saturated rings. The van der Waals surface area contributed by atoms with Gasteiger partial charge >= 0.3 is 0 Å². The predicted octanol–water partition coefficient (Wildman–Crippen LogP) is 2.86. The summed E-state index contributed by atoms with van der Waals surface area (Å²) in [5.41, 5.74) is 1.07. The Morgan fingerprint density at radius 3 is 2.74 bits per heavy atom. The molecule has 0 saturated heterocycles. The van der Waals surface area contributed by atoms with Gasteiger partial charge in [-0.2, -0.15) is 0 Å². The first-order valence-corrected chi connectivity index (χ1v) is 7.62. The Kier molecular flexibility index (Phi) is 4.48. The largest absolute Gasteiger partial charge is 0.478 e. The second kappa shape index (κ2) is 6.71. The van der Waals surface area contributed by atoms with E-state index in [1.165, 1.54) is 0 Å². The zero-order valence-electron chi connectivity index (χ0n) is 12.2. The first-order chi connectivity index (χ1) is 11.1. The molecule has 1 heterocycles. The van der Waals surface area contributed by atoms with Crippen molar-refractivity contribution in [1.29, 1.82) is 0 Å². The van der Waals surface area contributed by atoms with Crippen molar-refractivity contribution in [2.75, 3.05) is 11.9 Å². The zero-order valence-corrected chi connectivity index (χ0v) is 13.0. The molecule has 5 nitrogen and oxygen atoms in total. The van der Waals surface area contributed by atoms with Crippen molar-refractivity contribution in [2.24, 2.45) is 0 Å². The number of anilines is 1. The lowest BCUT2D eigenvalue weighted by molar-refractivity contribution is -0.123. The summed E-state index contributed by atoms with van der Waals surface area (Å²) in [6.45, 7) is 0.310. The van der Waals surface area contributed by atoms with Crippen molar-refractivity contribution < 1.29 is 14.3 Å². The molecular weight excluding hydrogens is 316 g/mol. The molecule has 1 aliphatic rings. The third-order valence-corrected chi connectivity index (χ3v) is 3.85. The number of carbonyl (C=O) groups is 2. The lowest BCUT2D eigenvalue weighted by Gasteiger charge is -2.25. The molecule has 1 unspecified atom stereocenters. The fourth-order valence-electron chi connectivity index (χ4n) is 2.34. The van der Waals surface area contributed by atoms with Crippen LogP contribution in [0.2, 0.25) is 5.02 Å². The number of hydrogen-bond donors (Lipinski definition) is 2. The van der Waals surface area contributed by atoms with Gasteiger partial charge in [0, 0.05) is 13.0 Å². The summed E-state index contributed by atoms with van der Waals surface area (Å²) in [5, 5.41) is 5.93. The summed E-state index contributed by atoms with van der Waals surface area (Å²) in [6, 6.07) is 14.1. The number of nitrogens with one attached hydrogen (secondary N) is 2. The highest BCUT2D eigenvalue weighted by atomic mass is 35.5. The van der Waals surface area contributed by atoms with Crippen molar-refractivity contribution in [3.63, 3.8) is 0 Å². The average Bonchev–Trinajstić information content (AvgIpc) is 2.55. The third-order valence-electron chi connectivity index (χ3n) is 3.52. The van der Waals surface area contributed by atoms with Crippen LogP contribution in [0.15, 0.2) is 48.5 Å². The Labute approximate surface area is 138 Å². The highest BCUT2D eigenvalue weighted by Gasteiger charge is 2.27. The van der Waals surface area contributed by atoms with Crippen LogP contribution in [0.5, 0.6) is 5.75 Å². The molecule has 0 bridgehead atoms. The van der Waals surface area contributed by atoms with E-state index < -0.39 is 6.10 Å². The first-order valence-electron chi connectivity index (χ1n) is 7.24. The number of rotatable bonds is 4. The number of amides is 2. The Balaban J connectivity index is 1.56. The van der Waals surface area contributed by atoms with Gasteiger partial charge in [-0.25, -0.2) is 0 Å². The fraction of sp³-hybridized carbons (Fsp3) is 0.176. The maximum absolute atomic E-state index is 12.1. The van der Waals surface area contributed by atoms with Gasteiger partial charge in [0.05, 0.1) is 16.3 Å². The van der Waals surface area contributed by atoms with Crippen LogP contribution in [0, 0.1) is 0 Å². The van der Waals surface area contributed by atoms with E-state index in [2.05, 4.69) is 10.6 Å². The molecule has 118 valence electrons. The van der Waals surface area contributed by atoms with E-state index in [0.717, 1.165) is 0 Å². The average molecular weight is 331 g/mol. The second-order valence-corrected chi connectivity index (χ2v) is 5.52. The molecule has 3 rings (SSSR count). The van der Waals surface area contributed by atoms with Crippen LogP contribution in [0.1, 0.15) is 16.8 Å². The molecule has 1 aliphatic heterocycles. The minimum absolute atomic E-state index is 0.212. The van der Waals surface area contributed by atoms with Crippen LogP contribution >= 0.6 is 11.6 Å². The van der Waals surface area contributed by atoms with Crippen molar-refractivity contribution in [3.8, 4) is 5.75 Å². The standard InChI is InChI=1S/C17H15ClN2O3/c18-12-6-2-1-5-11(12)16(21)19-10-9-15-17(22)20-13-7-3-4-8-14(13)23-15/h1-8,15H,9-10H2,(H,19,21)(H,20,22). The minimum Gasteiger partial charge on any atom is -0.478 e. The van der Waals surface area contributed by atoms with Crippen molar-refractivity contribution in [2.45, 2.75) is 12.5 Å². The van der Waals surface area contributed by atoms with Crippen molar-refractivity contribution >= 4 is 29.1 Å². The van der Waals surface area contributed by atoms with E-state index in [1.54, 1.807) is 36.4 Å². The fourth-order valence-corrected chi connectivity index (χ4v) is 2.56. The lowest BCUT2D eigenvalue weighted by atomic mass is 10.1. The van der Waals surface area contributed by atoms with Gasteiger partial charge in [0.15, 0.2) is 6.10 Å². The number of carbonyl (C=O) groups excluding carboxylic acids is 2. The summed E-state index contributed by atoms with van der Waals surface area (Å²) in [4.78, 5) is 24.0. The number of para-hydroxylation sites is 2. The van der Waals surface area contributed by atoms with Gasteiger partial charge in [0.2, 0.25) is 0 Å². The Bertz CT molecular complexity index is 748. The number of ether oxygens (including phenoxy) is 1. The molecule has 2 aromatic carbocycles. The summed E-state index contributed by atoms with van der Waals surface area (Å²) < 4.78 is 5.67. The molecule has 1 atom stereocenters. The number of halogens is 1. The minimum atomic E-state index is -0.628. The number of hydrogen-bond acceptors (Lipinski definition) is 3. The van der Waals surface area contributed by atoms with Crippen LogP contribution in [-0.4, -0.2) is 24.5 Å². The topological polar surface area (TPSA) is 67.4 Å². The summed E-state index contributed by atoms with van der Waals surface area (Å²) in [5.74, 6) is 0.150. The van der Waals surface area contributed by atoms with E-state index in [4.69, 9.17) is 16.3 Å². The van der Waals surface area contributed by atoms with Crippen LogP contribution in [0.4, 0.5) is 5.69 Å². The molecule has 6 heteroatoms. The van der Waals surface area contributed by atoms with Gasteiger partial charge in [-0.3, -0.25) is 9.59 Å². The predicted molar refractivity (Wildman–Crippen MR) is 87.9 cm³/mol. The van der Waals surface area contributed by atoms with Gasteiger partial charge in [-0.1, -0.05) is 35.9 Å². The molecule has 23 heavy (non-hydrogen) atoms. The Morgan fingerprint density at radius 2 is 1.91 bits per heavy atom. The van der Waals surface area contributed by atoms with Gasteiger partial charge in [-0.15, -0.1) is 0 Å². The zero-order chi connectivity index (χ0) is 16.2. The first kappa shape index (κ1) is 15.4. The smallest absolute Gasteiger partial charge is 0.265 e. The summed E-state index contributed by atoms with van der Waals surface area (Å²) in [7, 11) is 0. The number of benzene rings is 2. The van der Waals surface area contributed by atoms with E-state index in [1.807, 2.05) is 12.1 Å². The van der Waals surface area contributed by atoms with Crippen LogP contribution < -0.4 is 15.4 Å². The SMILES string of the molecule is O=C(NCCC1Oc2ccccc2NC1=O)c1ccccc1Cl. The second-order valence-electron chi connectivity index (χ2n) is 5.12. The molecule has 0 aromatic heterocycles. The number of fused-ring (bicyclic) bond motifs is 1. The van der Waals surface area contributed by atoms with Crippen molar-refractivity contribution in [1.82, 2.24) is 5.32 Å². The van der Waals surface area contributed by atoms with E-state index >= 15 is 0 Å². The monoisotopic (exact) mass is 330 g/mol. The molecule has 0 aliphatic carbocycles. The quantitative estimate of drug-likeness (QED) is 0.905. The van der Waals surface area contributed by atoms with Crippen LogP contribution in [0.3, 0.4) is 0 Å². The van der Waals surface area contributed by atoms with Gasteiger partial charge in [0.25, 0.3) is 11.8 Å². The van der Waals surface area contributed by atoms with Crippen LogP contribution in [-0.2, 0) is 4.79 Å². The molecule has 0 radical (unpaired) electrons. The Hall–Kier alpha value is -2.53. The van der Waals surface area contributed by atoms with E-state index in [-0.39, 0.29) is 11.8 Å².